The van der Waals surface area contributed by atoms with E-state index in [9.17, 15) is 4.79 Å². The summed E-state index contributed by atoms with van der Waals surface area (Å²) >= 11 is 0. The highest BCUT2D eigenvalue weighted by molar-refractivity contribution is 5.87. The van der Waals surface area contributed by atoms with Crippen LogP contribution in [-0.4, -0.2) is 27.6 Å². The van der Waals surface area contributed by atoms with Crippen LogP contribution in [0.4, 0.5) is 0 Å². The summed E-state index contributed by atoms with van der Waals surface area (Å²) in [5.74, 6) is 0. The summed E-state index contributed by atoms with van der Waals surface area (Å²) in [4.78, 5) is 15.2. The van der Waals surface area contributed by atoms with Crippen LogP contribution in [0.15, 0.2) is 65.6 Å². The molecule has 4 aromatic rings. The smallest absolute Gasteiger partial charge is 0.255 e. The van der Waals surface area contributed by atoms with E-state index in [1.54, 1.807) is 10.6 Å². The first-order valence-electron chi connectivity index (χ1n) is 10.1. The molecule has 0 spiro atoms. The van der Waals surface area contributed by atoms with Crippen LogP contribution >= 0.6 is 0 Å². The second-order valence-corrected chi connectivity index (χ2v) is 8.16. The number of fused-ring (bicyclic) bond motifs is 3. The van der Waals surface area contributed by atoms with Gasteiger partial charge < -0.3 is 9.47 Å². The van der Waals surface area contributed by atoms with E-state index < -0.39 is 0 Å². The highest BCUT2D eigenvalue weighted by Gasteiger charge is 2.21. The number of rotatable bonds is 2. The molecule has 4 heteroatoms. The number of nitrogens with zero attached hydrogens (tertiary/aromatic N) is 3. The Labute approximate surface area is 170 Å². The molecule has 0 N–H and O–H groups in total. The maximum absolute atomic E-state index is 12.9. The van der Waals surface area contributed by atoms with Crippen molar-refractivity contribution in [1.29, 1.82) is 0 Å². The molecule has 3 heterocycles. The number of aromatic nitrogens is 2. The van der Waals surface area contributed by atoms with E-state index in [2.05, 4.69) is 73.0 Å². The van der Waals surface area contributed by atoms with Gasteiger partial charge in [0.15, 0.2) is 0 Å². The predicted octanol–water partition coefficient (Wildman–Crippen LogP) is 4.29. The van der Waals surface area contributed by atoms with Crippen molar-refractivity contribution in [3.63, 3.8) is 0 Å². The zero-order valence-corrected chi connectivity index (χ0v) is 17.1. The fourth-order valence-corrected chi connectivity index (χ4v) is 4.44. The second kappa shape index (κ2) is 6.75. The third-order valence-corrected chi connectivity index (χ3v) is 6.17. The lowest BCUT2D eigenvalue weighted by molar-refractivity contribution is 0.305. The molecule has 0 saturated heterocycles. The number of hydrogen-bond acceptors (Lipinski definition) is 2. The zero-order chi connectivity index (χ0) is 20.1. The largest absolute Gasteiger partial charge is 0.346 e. The van der Waals surface area contributed by atoms with Crippen LogP contribution in [0.25, 0.3) is 27.7 Å². The first kappa shape index (κ1) is 18.0. The third-order valence-electron chi connectivity index (χ3n) is 6.17. The maximum atomic E-state index is 12.9. The Balaban J connectivity index is 1.58. The molecule has 0 saturated carbocycles. The van der Waals surface area contributed by atoms with Gasteiger partial charge in [0.1, 0.15) is 0 Å². The molecule has 2 aromatic heterocycles. The molecule has 0 fully saturated rings. The van der Waals surface area contributed by atoms with Crippen molar-refractivity contribution in [2.75, 3.05) is 13.6 Å². The average Bonchev–Trinajstić information content (AvgIpc) is 2.99. The summed E-state index contributed by atoms with van der Waals surface area (Å²) < 4.78 is 4.02. The van der Waals surface area contributed by atoms with Crippen molar-refractivity contribution in [3.05, 3.63) is 88.0 Å². The Kier molecular flexibility index (Phi) is 4.18. The van der Waals surface area contributed by atoms with Crippen LogP contribution in [0.5, 0.6) is 0 Å². The Morgan fingerprint density at radius 2 is 1.69 bits per heavy atom. The molecule has 0 amide bonds. The topological polar surface area (TPSA) is 30.2 Å². The van der Waals surface area contributed by atoms with Crippen LogP contribution < -0.4 is 5.56 Å². The Hall–Kier alpha value is -3.11. The minimum atomic E-state index is -0.0128. The van der Waals surface area contributed by atoms with Gasteiger partial charge in [0.25, 0.3) is 5.56 Å². The summed E-state index contributed by atoms with van der Waals surface area (Å²) in [7, 11) is 4.30. The van der Waals surface area contributed by atoms with Gasteiger partial charge in [0, 0.05) is 43.5 Å². The molecule has 146 valence electrons. The van der Waals surface area contributed by atoms with Gasteiger partial charge in [-0.2, -0.15) is 0 Å². The average molecular weight is 383 g/mol. The summed E-state index contributed by atoms with van der Waals surface area (Å²) in [6.07, 6.45) is 2.96. The molecular weight excluding hydrogens is 358 g/mol. The van der Waals surface area contributed by atoms with Crippen molar-refractivity contribution in [2.45, 2.75) is 19.9 Å². The molecule has 4 nitrogen and oxygen atoms in total. The molecule has 1 aliphatic heterocycles. The van der Waals surface area contributed by atoms with Crippen LogP contribution in [0.2, 0.25) is 0 Å². The minimum Gasteiger partial charge on any atom is -0.346 e. The van der Waals surface area contributed by atoms with Crippen molar-refractivity contribution in [2.24, 2.45) is 7.05 Å². The van der Waals surface area contributed by atoms with Crippen LogP contribution in [-0.2, 0) is 20.0 Å². The van der Waals surface area contributed by atoms with E-state index in [-0.39, 0.29) is 5.56 Å². The van der Waals surface area contributed by atoms with Crippen molar-refractivity contribution < 1.29 is 0 Å². The van der Waals surface area contributed by atoms with Crippen LogP contribution in [0, 0.1) is 6.92 Å². The molecular formula is C25H25N3O. The molecule has 0 atom stereocenters. The monoisotopic (exact) mass is 383 g/mol. The summed E-state index contributed by atoms with van der Waals surface area (Å²) in [6, 6.07) is 18.4. The summed E-state index contributed by atoms with van der Waals surface area (Å²) in [6.45, 7) is 4.13. The highest BCUT2D eigenvalue weighted by atomic mass is 16.1. The number of pyridine rings is 1. The van der Waals surface area contributed by atoms with Gasteiger partial charge in [-0.05, 0) is 55.3 Å². The van der Waals surface area contributed by atoms with E-state index in [0.29, 0.717) is 0 Å². The van der Waals surface area contributed by atoms with E-state index in [1.165, 1.54) is 27.7 Å². The highest BCUT2D eigenvalue weighted by Crippen LogP contribution is 2.31. The molecule has 1 aliphatic rings. The zero-order valence-electron chi connectivity index (χ0n) is 17.1. The first-order valence-corrected chi connectivity index (χ1v) is 10.1. The van der Waals surface area contributed by atoms with Gasteiger partial charge in [-0.15, -0.1) is 0 Å². The number of likely N-dealkylation sites (N-methyl/N-ethyl adjacent to an activating group) is 1. The van der Waals surface area contributed by atoms with Crippen molar-refractivity contribution in [3.8, 4) is 16.8 Å². The second-order valence-electron chi connectivity index (χ2n) is 8.16. The van der Waals surface area contributed by atoms with Crippen LogP contribution in [0.1, 0.15) is 16.8 Å². The van der Waals surface area contributed by atoms with E-state index in [1.807, 2.05) is 12.3 Å². The van der Waals surface area contributed by atoms with Gasteiger partial charge in [0.05, 0.1) is 11.2 Å². The fraction of sp³-hybridized carbons (Fsp3) is 0.240. The molecule has 2 aromatic carbocycles. The third kappa shape index (κ3) is 3.00. The molecule has 5 rings (SSSR count). The van der Waals surface area contributed by atoms with Gasteiger partial charge >= 0.3 is 0 Å². The Morgan fingerprint density at radius 3 is 2.45 bits per heavy atom. The molecule has 0 aliphatic carbocycles. The lowest BCUT2D eigenvalue weighted by Crippen LogP contribution is -2.27. The SMILES string of the molecule is Cc1ccc(-c2ccn(-c3ccc4c5c(n(C)c4c3)CN(C)CC5)c(=O)c2)cc1. The van der Waals surface area contributed by atoms with Gasteiger partial charge in [-0.1, -0.05) is 35.9 Å². The summed E-state index contributed by atoms with van der Waals surface area (Å²) in [5, 5.41) is 1.31. The summed E-state index contributed by atoms with van der Waals surface area (Å²) in [5.41, 5.74) is 8.15. The Bertz CT molecular complexity index is 1280. The minimum absolute atomic E-state index is 0.0128. The first-order chi connectivity index (χ1) is 14.0. The van der Waals surface area contributed by atoms with Gasteiger partial charge in [0.2, 0.25) is 0 Å². The predicted molar refractivity (Wildman–Crippen MR) is 119 cm³/mol. The maximum Gasteiger partial charge on any atom is 0.255 e. The van der Waals surface area contributed by atoms with Gasteiger partial charge in [-0.25, -0.2) is 0 Å². The fourth-order valence-electron chi connectivity index (χ4n) is 4.44. The van der Waals surface area contributed by atoms with E-state index >= 15 is 0 Å². The lowest BCUT2D eigenvalue weighted by Gasteiger charge is -2.23. The molecule has 0 bridgehead atoms. The number of hydrogen-bond donors (Lipinski definition) is 0. The van der Waals surface area contributed by atoms with E-state index in [0.717, 1.165) is 36.3 Å². The Morgan fingerprint density at radius 1 is 0.897 bits per heavy atom. The number of benzene rings is 2. The molecule has 29 heavy (non-hydrogen) atoms. The van der Waals surface area contributed by atoms with E-state index in [4.69, 9.17) is 0 Å². The molecule has 0 radical (unpaired) electrons. The number of aryl methyl sites for hydroxylation is 2. The van der Waals surface area contributed by atoms with Crippen molar-refractivity contribution in [1.82, 2.24) is 14.0 Å². The standard InChI is InChI=1S/C25H25N3O/c1-17-4-6-18(7-5-17)19-10-13-28(25(29)14-19)20-8-9-21-22-11-12-26(2)16-24(22)27(3)23(21)15-20/h4-10,13-15H,11-12,16H2,1-3H3. The normalized spacial score (nSPS) is 14.3. The van der Waals surface area contributed by atoms with Crippen molar-refractivity contribution >= 4 is 10.9 Å². The quantitative estimate of drug-likeness (QED) is 0.517. The van der Waals surface area contributed by atoms with Crippen LogP contribution in [0.3, 0.4) is 0 Å². The lowest BCUT2D eigenvalue weighted by atomic mass is 10.0. The van der Waals surface area contributed by atoms with Gasteiger partial charge in [-0.3, -0.25) is 9.36 Å². The molecule has 0 unspecified atom stereocenters.